The molecule has 0 bridgehead atoms. The maximum absolute atomic E-state index is 14.6. The molecular formula is C31H32N2O4S2. The molecule has 0 aliphatic carbocycles. The molecule has 0 aromatic heterocycles. The topological polar surface area (TPSA) is 51.2 Å². The standard InChI is InChI=1S/C31H32N2O4S2/c1-6-7-11-16-32(33(31(38)39-5)22-12-9-8-10-13-22)30(34)27-17-21-14-15-23(35-2)18-24(21)25-19-28(36-3)29(37-4)20-26(25)27/h6,8-10,12-15,17-20H,1,7,11,16H2,2-5H3. The predicted molar refractivity (Wildman–Crippen MR) is 167 cm³/mol. The van der Waals surface area contributed by atoms with Crippen molar-refractivity contribution in [2.45, 2.75) is 12.8 Å². The normalized spacial score (nSPS) is 10.8. The summed E-state index contributed by atoms with van der Waals surface area (Å²) in [5.74, 6) is 1.67. The van der Waals surface area contributed by atoms with Gasteiger partial charge < -0.3 is 14.2 Å². The molecule has 0 aliphatic heterocycles. The molecule has 8 heteroatoms. The van der Waals surface area contributed by atoms with Crippen LogP contribution in [0.4, 0.5) is 5.69 Å². The second kappa shape index (κ2) is 12.9. The number of carbonyl (C=O) groups is 1. The Morgan fingerprint density at radius 2 is 1.62 bits per heavy atom. The quantitative estimate of drug-likeness (QED) is 0.0691. The Hall–Kier alpha value is -3.75. The fraction of sp³-hybridized carbons (Fsp3) is 0.226. The molecule has 0 radical (unpaired) electrons. The van der Waals surface area contributed by atoms with Crippen LogP contribution in [0.3, 0.4) is 0 Å². The summed E-state index contributed by atoms with van der Waals surface area (Å²) in [7, 11) is 4.83. The van der Waals surface area contributed by atoms with Crippen LogP contribution in [-0.2, 0) is 0 Å². The molecule has 4 rings (SSSR count). The zero-order valence-corrected chi connectivity index (χ0v) is 24.2. The Balaban J connectivity index is 1.98. The van der Waals surface area contributed by atoms with E-state index >= 15 is 0 Å². The number of para-hydroxylation sites is 1. The summed E-state index contributed by atoms with van der Waals surface area (Å²) < 4.78 is 17.3. The Kier molecular flexibility index (Phi) is 9.32. The number of hydrogen-bond acceptors (Lipinski definition) is 6. The number of ether oxygens (including phenoxy) is 3. The van der Waals surface area contributed by atoms with Gasteiger partial charge in [-0.3, -0.25) is 4.79 Å². The first-order chi connectivity index (χ1) is 19.0. The molecule has 4 aromatic rings. The van der Waals surface area contributed by atoms with Gasteiger partial charge >= 0.3 is 0 Å². The van der Waals surface area contributed by atoms with E-state index in [1.807, 2.05) is 84.1 Å². The lowest BCUT2D eigenvalue weighted by Gasteiger charge is -2.36. The van der Waals surface area contributed by atoms with Crippen LogP contribution < -0.4 is 19.2 Å². The Labute approximate surface area is 239 Å². The number of rotatable bonds is 9. The van der Waals surface area contributed by atoms with E-state index < -0.39 is 0 Å². The molecule has 0 saturated heterocycles. The monoisotopic (exact) mass is 560 g/mol. The third-order valence-corrected chi connectivity index (χ3v) is 7.69. The number of hydrogen-bond donors (Lipinski definition) is 0. The largest absolute Gasteiger partial charge is 0.497 e. The number of thiocarbonyl (C=S) groups is 1. The minimum Gasteiger partial charge on any atom is -0.497 e. The van der Waals surface area contributed by atoms with Gasteiger partial charge in [0.1, 0.15) is 5.75 Å². The fourth-order valence-corrected chi connectivity index (χ4v) is 5.15. The van der Waals surface area contributed by atoms with E-state index in [4.69, 9.17) is 26.4 Å². The minimum absolute atomic E-state index is 0.172. The number of carbonyl (C=O) groups excluding carboxylic acids is 1. The van der Waals surface area contributed by atoms with Crippen molar-refractivity contribution < 1.29 is 19.0 Å². The highest BCUT2D eigenvalue weighted by Gasteiger charge is 2.28. The summed E-state index contributed by atoms with van der Waals surface area (Å²) in [4.78, 5) is 14.6. The first-order valence-corrected chi connectivity index (χ1v) is 14.1. The van der Waals surface area contributed by atoms with E-state index in [-0.39, 0.29) is 5.91 Å². The minimum atomic E-state index is -0.172. The summed E-state index contributed by atoms with van der Waals surface area (Å²) in [5, 5.41) is 7.02. The van der Waals surface area contributed by atoms with Gasteiger partial charge in [0.2, 0.25) is 0 Å². The van der Waals surface area contributed by atoms with Crippen LogP contribution in [0, 0.1) is 0 Å². The number of benzene rings is 4. The van der Waals surface area contributed by atoms with Gasteiger partial charge in [-0.05, 0) is 83.1 Å². The molecule has 0 fully saturated rings. The zero-order chi connectivity index (χ0) is 27.9. The number of amides is 1. The van der Waals surface area contributed by atoms with Crippen LogP contribution in [0.2, 0.25) is 0 Å². The number of fused-ring (bicyclic) bond motifs is 3. The maximum atomic E-state index is 14.6. The molecule has 0 aliphatic rings. The average molecular weight is 561 g/mol. The molecular weight excluding hydrogens is 528 g/mol. The van der Waals surface area contributed by atoms with Gasteiger partial charge in [-0.2, -0.15) is 0 Å². The highest BCUT2D eigenvalue weighted by atomic mass is 32.2. The number of unbranched alkanes of at least 4 members (excludes halogenated alkanes) is 1. The van der Waals surface area contributed by atoms with E-state index in [2.05, 4.69) is 6.58 Å². The lowest BCUT2D eigenvalue weighted by molar-refractivity contribution is 0.0763. The molecule has 6 nitrogen and oxygen atoms in total. The van der Waals surface area contributed by atoms with E-state index in [0.717, 1.165) is 45.8 Å². The maximum Gasteiger partial charge on any atom is 0.273 e. The number of allylic oxidation sites excluding steroid dienone is 1. The number of hydrazine groups is 1. The Bertz CT molecular complexity index is 1510. The lowest BCUT2D eigenvalue weighted by atomic mass is 9.95. The smallest absolute Gasteiger partial charge is 0.273 e. The number of anilines is 1. The highest BCUT2D eigenvalue weighted by Crippen LogP contribution is 2.39. The van der Waals surface area contributed by atoms with E-state index in [1.165, 1.54) is 11.8 Å². The molecule has 202 valence electrons. The van der Waals surface area contributed by atoms with Gasteiger partial charge in [-0.1, -0.05) is 54.3 Å². The first-order valence-electron chi connectivity index (χ1n) is 12.5. The van der Waals surface area contributed by atoms with E-state index in [1.54, 1.807) is 26.3 Å². The van der Waals surface area contributed by atoms with Gasteiger partial charge in [-0.25, -0.2) is 10.0 Å². The van der Waals surface area contributed by atoms with Gasteiger partial charge in [0, 0.05) is 12.1 Å². The molecule has 0 N–H and O–H groups in total. The molecule has 0 heterocycles. The molecule has 0 atom stereocenters. The van der Waals surface area contributed by atoms with Gasteiger partial charge in [0.15, 0.2) is 15.8 Å². The van der Waals surface area contributed by atoms with Crippen molar-refractivity contribution in [1.82, 2.24) is 5.01 Å². The van der Waals surface area contributed by atoms with Crippen LogP contribution in [0.25, 0.3) is 21.5 Å². The van der Waals surface area contributed by atoms with Crippen molar-refractivity contribution in [1.29, 1.82) is 0 Å². The van der Waals surface area contributed by atoms with Gasteiger partial charge in [-0.15, -0.1) is 6.58 Å². The summed E-state index contributed by atoms with van der Waals surface area (Å²) in [6.45, 7) is 4.31. The molecule has 0 saturated carbocycles. The summed E-state index contributed by atoms with van der Waals surface area (Å²) in [5.41, 5.74) is 1.35. The molecule has 0 spiro atoms. The van der Waals surface area contributed by atoms with E-state index in [0.29, 0.717) is 27.9 Å². The summed E-state index contributed by atoms with van der Waals surface area (Å²) in [6.07, 6.45) is 5.27. The van der Waals surface area contributed by atoms with Gasteiger partial charge in [0.25, 0.3) is 5.91 Å². The van der Waals surface area contributed by atoms with Crippen LogP contribution >= 0.6 is 24.0 Å². The molecule has 1 amide bonds. The summed E-state index contributed by atoms with van der Waals surface area (Å²) >= 11 is 7.20. The van der Waals surface area contributed by atoms with Crippen molar-refractivity contribution in [3.63, 3.8) is 0 Å². The predicted octanol–water partition coefficient (Wildman–Crippen LogP) is 7.50. The van der Waals surface area contributed by atoms with Crippen molar-refractivity contribution in [3.05, 3.63) is 84.9 Å². The zero-order valence-electron chi connectivity index (χ0n) is 22.6. The Morgan fingerprint density at radius 1 is 0.923 bits per heavy atom. The highest BCUT2D eigenvalue weighted by molar-refractivity contribution is 8.22. The first kappa shape index (κ1) is 28.3. The fourth-order valence-electron chi connectivity index (χ4n) is 4.57. The van der Waals surface area contributed by atoms with Crippen molar-refractivity contribution in [3.8, 4) is 17.2 Å². The van der Waals surface area contributed by atoms with Crippen LogP contribution in [0.15, 0.2) is 79.4 Å². The lowest BCUT2D eigenvalue weighted by Crippen LogP contribution is -2.49. The van der Waals surface area contributed by atoms with Crippen LogP contribution in [-0.4, -0.2) is 49.4 Å². The number of nitrogens with zero attached hydrogens (tertiary/aromatic N) is 2. The van der Waals surface area contributed by atoms with Crippen molar-refractivity contribution in [2.24, 2.45) is 0 Å². The van der Waals surface area contributed by atoms with Crippen molar-refractivity contribution >= 4 is 61.4 Å². The third-order valence-electron chi connectivity index (χ3n) is 6.50. The van der Waals surface area contributed by atoms with Crippen molar-refractivity contribution in [2.75, 3.05) is 39.1 Å². The average Bonchev–Trinajstić information content (AvgIpc) is 2.99. The Morgan fingerprint density at radius 3 is 2.23 bits per heavy atom. The molecule has 39 heavy (non-hydrogen) atoms. The third kappa shape index (κ3) is 5.82. The molecule has 4 aromatic carbocycles. The number of methoxy groups -OCH3 is 3. The number of thioether (sulfide) groups is 1. The molecule has 0 unspecified atom stereocenters. The second-order valence-corrected chi connectivity index (χ2v) is 10.2. The SMILES string of the molecule is C=CCCCN(C(=O)c1cc2ccc(OC)cc2c2cc(OC)c(OC)cc12)N(C(=S)SC)c1ccccc1. The summed E-state index contributed by atoms with van der Waals surface area (Å²) in [6, 6.07) is 21.3. The van der Waals surface area contributed by atoms with Crippen LogP contribution in [0.5, 0.6) is 17.2 Å². The van der Waals surface area contributed by atoms with E-state index in [9.17, 15) is 4.79 Å². The second-order valence-electron chi connectivity index (χ2n) is 8.74. The van der Waals surface area contributed by atoms with Gasteiger partial charge in [0.05, 0.1) is 27.0 Å². The van der Waals surface area contributed by atoms with Crippen LogP contribution in [0.1, 0.15) is 23.2 Å².